The molecule has 0 aliphatic carbocycles. The summed E-state index contributed by atoms with van der Waals surface area (Å²) in [6.07, 6.45) is 2.52. The molecule has 0 bridgehead atoms. The minimum absolute atomic E-state index is 0.631. The lowest BCUT2D eigenvalue weighted by Crippen LogP contribution is -1.89. The Kier molecular flexibility index (Phi) is 4.18. The molecular weight excluding hydrogens is 254 g/mol. The predicted octanol–water partition coefficient (Wildman–Crippen LogP) is 3.84. The van der Waals surface area contributed by atoms with Crippen LogP contribution in [-0.4, -0.2) is 11.3 Å². The van der Waals surface area contributed by atoms with Crippen LogP contribution in [0.25, 0.3) is 0 Å². The third-order valence-electron chi connectivity index (χ3n) is 2.22. The van der Waals surface area contributed by atoms with Crippen LogP contribution in [0.2, 0.25) is 5.02 Å². The Bertz CT molecular complexity index is 513. The van der Waals surface area contributed by atoms with E-state index in [4.69, 9.17) is 11.6 Å². The first-order valence-corrected chi connectivity index (χ1v) is 6.43. The van der Waals surface area contributed by atoms with Gasteiger partial charge < -0.3 is 0 Å². The summed E-state index contributed by atoms with van der Waals surface area (Å²) in [5.74, 6) is 0.773. The molecule has 4 heteroatoms. The zero-order valence-corrected chi connectivity index (χ0v) is 10.5. The summed E-state index contributed by atoms with van der Waals surface area (Å²) >= 11 is 7.36. The monoisotopic (exact) mass is 263 g/mol. The molecule has 0 unspecified atom stereocenters. The van der Waals surface area contributed by atoms with Crippen molar-refractivity contribution in [1.29, 1.82) is 0 Å². The van der Waals surface area contributed by atoms with E-state index < -0.39 is 0 Å². The van der Waals surface area contributed by atoms with Gasteiger partial charge in [-0.05, 0) is 29.8 Å². The standard InChI is InChI=1S/C13H10ClNOS/c14-12-5-3-10(4-6-12)9-17-13-11(8-16)2-1-7-15-13/h1-8H,9H2. The van der Waals surface area contributed by atoms with E-state index in [9.17, 15) is 4.79 Å². The third-order valence-corrected chi connectivity index (χ3v) is 3.56. The molecule has 2 aromatic rings. The molecular formula is C13H10ClNOS. The third kappa shape index (κ3) is 3.32. The fraction of sp³-hybridized carbons (Fsp3) is 0.0769. The molecule has 0 saturated carbocycles. The lowest BCUT2D eigenvalue weighted by molar-refractivity contribution is 0.112. The molecule has 2 nitrogen and oxygen atoms in total. The van der Waals surface area contributed by atoms with Crippen LogP contribution in [0.5, 0.6) is 0 Å². The molecule has 17 heavy (non-hydrogen) atoms. The van der Waals surface area contributed by atoms with E-state index in [2.05, 4.69) is 4.98 Å². The predicted molar refractivity (Wildman–Crippen MR) is 70.6 cm³/mol. The number of hydrogen-bond acceptors (Lipinski definition) is 3. The fourth-order valence-corrected chi connectivity index (χ4v) is 2.39. The Morgan fingerprint density at radius 2 is 2.00 bits per heavy atom. The largest absolute Gasteiger partial charge is 0.298 e. The highest BCUT2D eigenvalue weighted by Crippen LogP contribution is 2.23. The van der Waals surface area contributed by atoms with Gasteiger partial charge in [-0.1, -0.05) is 23.7 Å². The molecule has 2 rings (SSSR count). The molecule has 0 atom stereocenters. The van der Waals surface area contributed by atoms with Gasteiger partial charge in [-0.15, -0.1) is 11.8 Å². The number of halogens is 1. The van der Waals surface area contributed by atoms with Crippen LogP contribution in [0.1, 0.15) is 15.9 Å². The normalized spacial score (nSPS) is 10.2. The molecule has 0 radical (unpaired) electrons. The topological polar surface area (TPSA) is 30.0 Å². The van der Waals surface area contributed by atoms with Crippen LogP contribution >= 0.6 is 23.4 Å². The lowest BCUT2D eigenvalue weighted by Gasteiger charge is -2.03. The van der Waals surface area contributed by atoms with Crippen molar-refractivity contribution in [2.75, 3.05) is 0 Å². The number of carbonyl (C=O) groups is 1. The van der Waals surface area contributed by atoms with Crippen LogP contribution < -0.4 is 0 Å². The molecule has 1 heterocycles. The van der Waals surface area contributed by atoms with Gasteiger partial charge in [-0.2, -0.15) is 0 Å². The molecule has 0 spiro atoms. The van der Waals surface area contributed by atoms with Crippen LogP contribution in [0.15, 0.2) is 47.6 Å². The first-order valence-electron chi connectivity index (χ1n) is 5.07. The number of carbonyl (C=O) groups excluding carboxylic acids is 1. The van der Waals surface area contributed by atoms with Crippen LogP contribution in [0, 0.1) is 0 Å². The van der Waals surface area contributed by atoms with E-state index in [1.807, 2.05) is 24.3 Å². The average Bonchev–Trinajstić information content (AvgIpc) is 2.38. The molecule has 0 fully saturated rings. The van der Waals surface area contributed by atoms with Crippen LogP contribution in [-0.2, 0) is 5.75 Å². The van der Waals surface area contributed by atoms with Gasteiger partial charge in [-0.25, -0.2) is 4.98 Å². The van der Waals surface area contributed by atoms with Crippen molar-refractivity contribution in [3.8, 4) is 0 Å². The van der Waals surface area contributed by atoms with Gasteiger partial charge in [0.15, 0.2) is 6.29 Å². The number of pyridine rings is 1. The molecule has 0 saturated heterocycles. The Morgan fingerprint density at radius 1 is 1.24 bits per heavy atom. The van der Waals surface area contributed by atoms with Crippen LogP contribution in [0.3, 0.4) is 0 Å². The SMILES string of the molecule is O=Cc1cccnc1SCc1ccc(Cl)cc1. The number of rotatable bonds is 4. The second-order valence-corrected chi connectivity index (χ2v) is 4.83. The van der Waals surface area contributed by atoms with Gasteiger partial charge in [0.2, 0.25) is 0 Å². The summed E-state index contributed by atoms with van der Waals surface area (Å²) in [7, 11) is 0. The fourth-order valence-electron chi connectivity index (χ4n) is 1.35. The number of aromatic nitrogens is 1. The van der Waals surface area contributed by atoms with E-state index in [1.165, 1.54) is 0 Å². The van der Waals surface area contributed by atoms with E-state index in [1.54, 1.807) is 30.1 Å². The maximum atomic E-state index is 10.8. The zero-order valence-electron chi connectivity index (χ0n) is 8.97. The number of aldehydes is 1. The molecule has 86 valence electrons. The van der Waals surface area contributed by atoms with Crippen molar-refractivity contribution in [1.82, 2.24) is 4.98 Å². The van der Waals surface area contributed by atoms with Crippen molar-refractivity contribution >= 4 is 29.6 Å². The van der Waals surface area contributed by atoms with Crippen molar-refractivity contribution in [2.24, 2.45) is 0 Å². The number of nitrogens with zero attached hydrogens (tertiary/aromatic N) is 1. The molecule has 1 aromatic carbocycles. The van der Waals surface area contributed by atoms with E-state index in [-0.39, 0.29) is 0 Å². The van der Waals surface area contributed by atoms with Gasteiger partial charge in [0.25, 0.3) is 0 Å². The van der Waals surface area contributed by atoms with Crippen molar-refractivity contribution in [2.45, 2.75) is 10.8 Å². The second kappa shape index (κ2) is 5.84. The molecule has 0 aliphatic rings. The molecule has 0 aliphatic heterocycles. The summed E-state index contributed by atoms with van der Waals surface area (Å²) < 4.78 is 0. The Balaban J connectivity index is 2.07. The smallest absolute Gasteiger partial charge is 0.152 e. The first-order chi connectivity index (χ1) is 8.29. The van der Waals surface area contributed by atoms with E-state index >= 15 is 0 Å². The minimum Gasteiger partial charge on any atom is -0.298 e. The van der Waals surface area contributed by atoms with Gasteiger partial charge in [0, 0.05) is 22.5 Å². The zero-order chi connectivity index (χ0) is 12.1. The Hall–Kier alpha value is -1.32. The van der Waals surface area contributed by atoms with Gasteiger partial charge in [0.05, 0.1) is 0 Å². The highest BCUT2D eigenvalue weighted by molar-refractivity contribution is 7.98. The van der Waals surface area contributed by atoms with Crippen LogP contribution in [0.4, 0.5) is 0 Å². The lowest BCUT2D eigenvalue weighted by atomic mass is 10.2. The van der Waals surface area contributed by atoms with Crippen molar-refractivity contribution in [3.63, 3.8) is 0 Å². The summed E-state index contributed by atoms with van der Waals surface area (Å²) in [6, 6.07) is 11.2. The van der Waals surface area contributed by atoms with E-state index in [0.717, 1.165) is 27.7 Å². The number of hydrogen-bond donors (Lipinski definition) is 0. The number of benzene rings is 1. The highest BCUT2D eigenvalue weighted by atomic mass is 35.5. The molecule has 0 N–H and O–H groups in total. The summed E-state index contributed by atoms with van der Waals surface area (Å²) in [5.41, 5.74) is 1.79. The van der Waals surface area contributed by atoms with Crippen molar-refractivity contribution in [3.05, 3.63) is 58.7 Å². The minimum atomic E-state index is 0.631. The summed E-state index contributed by atoms with van der Waals surface area (Å²) in [4.78, 5) is 15.0. The Morgan fingerprint density at radius 3 is 2.71 bits per heavy atom. The number of thioether (sulfide) groups is 1. The van der Waals surface area contributed by atoms with E-state index in [0.29, 0.717) is 5.56 Å². The average molecular weight is 264 g/mol. The summed E-state index contributed by atoms with van der Waals surface area (Å²) in [5, 5.41) is 1.49. The summed E-state index contributed by atoms with van der Waals surface area (Å²) in [6.45, 7) is 0. The second-order valence-electron chi connectivity index (χ2n) is 3.43. The highest BCUT2D eigenvalue weighted by Gasteiger charge is 2.03. The first kappa shape index (κ1) is 12.1. The quantitative estimate of drug-likeness (QED) is 0.620. The van der Waals surface area contributed by atoms with Gasteiger partial charge in [-0.3, -0.25) is 4.79 Å². The molecule has 0 amide bonds. The Labute approximate surface area is 109 Å². The van der Waals surface area contributed by atoms with Crippen molar-refractivity contribution < 1.29 is 4.79 Å². The maximum absolute atomic E-state index is 10.8. The maximum Gasteiger partial charge on any atom is 0.152 e. The van der Waals surface area contributed by atoms with Gasteiger partial charge >= 0.3 is 0 Å². The molecule has 1 aromatic heterocycles. The van der Waals surface area contributed by atoms with Gasteiger partial charge in [0.1, 0.15) is 5.03 Å².